The first kappa shape index (κ1) is 34.6. The molecule has 3 aliphatic rings. The van der Waals surface area contributed by atoms with Crippen LogP contribution in [0.15, 0.2) is 206 Å². The van der Waals surface area contributed by atoms with Gasteiger partial charge in [-0.3, -0.25) is 0 Å². The van der Waals surface area contributed by atoms with Crippen molar-refractivity contribution in [2.24, 2.45) is 5.92 Å². The molecule has 278 valence electrons. The Balaban J connectivity index is 0.935. The van der Waals surface area contributed by atoms with Crippen LogP contribution in [0.25, 0.3) is 48.0 Å². The van der Waals surface area contributed by atoms with Gasteiger partial charge in [-0.1, -0.05) is 140 Å². The van der Waals surface area contributed by atoms with E-state index in [1.54, 1.807) is 0 Å². The Morgan fingerprint density at radius 2 is 1.29 bits per heavy atom. The summed E-state index contributed by atoms with van der Waals surface area (Å²) in [5, 5.41) is 2.62. The quantitative estimate of drug-likeness (QED) is 0.160. The van der Waals surface area contributed by atoms with Crippen LogP contribution in [0.5, 0.6) is 0 Å². The number of nitrogens with zero attached hydrogens (tertiary/aromatic N) is 2. The van der Waals surface area contributed by atoms with Crippen LogP contribution in [0.3, 0.4) is 0 Å². The van der Waals surface area contributed by atoms with E-state index >= 15 is 0 Å². The van der Waals surface area contributed by atoms with Crippen LogP contribution in [-0.4, -0.2) is 6.04 Å². The molecule has 2 nitrogen and oxygen atoms in total. The van der Waals surface area contributed by atoms with E-state index in [-0.39, 0.29) is 6.04 Å². The number of hydrogen-bond acceptors (Lipinski definition) is 3. The van der Waals surface area contributed by atoms with Crippen LogP contribution < -0.4 is 9.80 Å². The van der Waals surface area contributed by atoms with E-state index < -0.39 is 0 Å². The van der Waals surface area contributed by atoms with Gasteiger partial charge in [-0.25, -0.2) is 0 Å². The fourth-order valence-electron chi connectivity index (χ4n) is 9.33. The second kappa shape index (κ2) is 14.4. The molecule has 0 bridgehead atoms. The van der Waals surface area contributed by atoms with Gasteiger partial charge in [0.1, 0.15) is 0 Å². The molecule has 2 heterocycles. The lowest BCUT2D eigenvalue weighted by atomic mass is 9.89. The van der Waals surface area contributed by atoms with E-state index in [0.717, 1.165) is 23.5 Å². The second-order valence-corrected chi connectivity index (χ2v) is 16.8. The zero-order valence-corrected chi connectivity index (χ0v) is 33.2. The highest BCUT2D eigenvalue weighted by molar-refractivity contribution is 7.26. The van der Waals surface area contributed by atoms with E-state index in [2.05, 4.69) is 223 Å². The van der Waals surface area contributed by atoms with Crippen LogP contribution >= 0.6 is 11.3 Å². The summed E-state index contributed by atoms with van der Waals surface area (Å²) >= 11 is 1.90. The first-order valence-corrected chi connectivity index (χ1v) is 21.2. The van der Waals surface area contributed by atoms with Gasteiger partial charge in [0.2, 0.25) is 0 Å². The molecule has 0 fully saturated rings. The number of benzene rings is 7. The van der Waals surface area contributed by atoms with Crippen molar-refractivity contribution >= 4 is 65.5 Å². The molecule has 58 heavy (non-hydrogen) atoms. The smallest absolute Gasteiger partial charge is 0.0629 e. The predicted octanol–water partition coefficient (Wildman–Crippen LogP) is 15.6. The fourth-order valence-corrected chi connectivity index (χ4v) is 10.6. The number of rotatable bonds is 7. The number of fused-ring (bicyclic) bond motifs is 6. The van der Waals surface area contributed by atoms with Crippen molar-refractivity contribution in [3.8, 4) is 22.3 Å². The van der Waals surface area contributed by atoms with E-state index in [4.69, 9.17) is 0 Å². The molecule has 3 atom stereocenters. The van der Waals surface area contributed by atoms with E-state index in [1.165, 1.54) is 70.5 Å². The number of para-hydroxylation sites is 2. The molecular weight excluding hydrogens is 721 g/mol. The monoisotopic (exact) mass is 762 g/mol. The van der Waals surface area contributed by atoms with Crippen LogP contribution in [-0.2, 0) is 0 Å². The maximum absolute atomic E-state index is 2.50. The highest BCUT2D eigenvalue weighted by Gasteiger charge is 2.37. The number of thiophene rings is 1. The zero-order chi connectivity index (χ0) is 38.6. The Hall–Kier alpha value is -6.68. The Morgan fingerprint density at radius 3 is 2.14 bits per heavy atom. The van der Waals surface area contributed by atoms with Gasteiger partial charge >= 0.3 is 0 Å². The summed E-state index contributed by atoms with van der Waals surface area (Å²) in [6.07, 6.45) is 16.9. The third-order valence-electron chi connectivity index (χ3n) is 12.1. The first-order chi connectivity index (χ1) is 28.7. The van der Waals surface area contributed by atoms with Crippen molar-refractivity contribution in [1.29, 1.82) is 0 Å². The maximum Gasteiger partial charge on any atom is 0.0629 e. The average molecular weight is 763 g/mol. The van der Waals surface area contributed by atoms with Crippen molar-refractivity contribution in [3.63, 3.8) is 0 Å². The third kappa shape index (κ3) is 6.02. The molecule has 0 saturated carbocycles. The van der Waals surface area contributed by atoms with Crippen molar-refractivity contribution in [3.05, 3.63) is 217 Å². The molecule has 0 amide bonds. The number of hydrogen-bond donors (Lipinski definition) is 0. The maximum atomic E-state index is 2.50. The summed E-state index contributed by atoms with van der Waals surface area (Å²) in [7, 11) is 0. The van der Waals surface area contributed by atoms with Crippen molar-refractivity contribution in [2.75, 3.05) is 9.80 Å². The summed E-state index contributed by atoms with van der Waals surface area (Å²) in [4.78, 5) is 4.87. The predicted molar refractivity (Wildman–Crippen MR) is 249 cm³/mol. The van der Waals surface area contributed by atoms with Crippen LogP contribution in [0, 0.1) is 5.92 Å². The van der Waals surface area contributed by atoms with Gasteiger partial charge < -0.3 is 9.80 Å². The Kier molecular flexibility index (Phi) is 8.56. The molecule has 11 rings (SSSR count). The molecule has 1 aromatic heterocycles. The van der Waals surface area contributed by atoms with Gasteiger partial charge in [0.05, 0.1) is 6.04 Å². The van der Waals surface area contributed by atoms with E-state index in [0.29, 0.717) is 11.8 Å². The van der Waals surface area contributed by atoms with E-state index in [1.807, 2.05) is 11.3 Å². The van der Waals surface area contributed by atoms with Gasteiger partial charge in [0, 0.05) is 54.5 Å². The van der Waals surface area contributed by atoms with E-state index in [9.17, 15) is 0 Å². The molecule has 1 aliphatic heterocycles. The lowest BCUT2D eigenvalue weighted by Crippen LogP contribution is -2.28. The molecule has 2 aliphatic carbocycles. The zero-order valence-electron chi connectivity index (χ0n) is 32.4. The van der Waals surface area contributed by atoms with Crippen molar-refractivity contribution < 1.29 is 0 Å². The minimum Gasteiger partial charge on any atom is -0.333 e. The first-order valence-electron chi connectivity index (χ1n) is 20.4. The molecule has 0 saturated heterocycles. The fraction of sp³-hybridized carbons (Fsp3) is 0.0909. The number of allylic oxidation sites excluding steroid dienone is 6. The minimum absolute atomic E-state index is 0.281. The number of anilines is 5. The highest BCUT2D eigenvalue weighted by Crippen LogP contribution is 2.50. The lowest BCUT2D eigenvalue weighted by Gasteiger charge is -2.28. The molecule has 8 aromatic rings. The summed E-state index contributed by atoms with van der Waals surface area (Å²) < 4.78 is 2.65. The van der Waals surface area contributed by atoms with Crippen LogP contribution in [0.2, 0.25) is 0 Å². The highest BCUT2D eigenvalue weighted by atomic mass is 32.1. The van der Waals surface area contributed by atoms with Crippen molar-refractivity contribution in [2.45, 2.75) is 25.3 Å². The molecular formula is C55H42N2S. The molecule has 3 unspecified atom stereocenters. The van der Waals surface area contributed by atoms with Gasteiger partial charge in [-0.2, -0.15) is 0 Å². The minimum atomic E-state index is 0.281. The molecule has 3 heteroatoms. The Bertz CT molecular complexity index is 2950. The van der Waals surface area contributed by atoms with Gasteiger partial charge in [-0.05, 0) is 124 Å². The van der Waals surface area contributed by atoms with Gasteiger partial charge in [-0.15, -0.1) is 11.3 Å². The Labute approximate surface area is 344 Å². The van der Waals surface area contributed by atoms with Gasteiger partial charge in [0.15, 0.2) is 0 Å². The standard InChI is InChI=1S/C55H42N2S/c1-37-13-10-14-39(33-37)40-15-11-20-46(34-40)56(43-16-4-2-5-17-43)45-29-25-38(26-30-45)41-28-32-54-51(35-41)49-23-12-22-47(55(49)58-54)42-27-31-53-50(36-42)48-21-8-9-24-52(48)57(53)44-18-6-3-7-19-44/h2-32,34-37,48,52H,33H2,1H3. The largest absolute Gasteiger partial charge is 0.333 e. The molecule has 0 radical (unpaired) electrons. The summed E-state index contributed by atoms with van der Waals surface area (Å²) in [5.41, 5.74) is 15.0. The SMILES string of the molecule is CC1C=CC=C(c2cccc(N(c3ccccc3)c3ccc(-c4ccc5sc6c(-c7ccc8c(c7)C7C=CC=CC7N8c7ccccc7)cccc6c5c4)cc3)c2)C1. The third-order valence-corrected chi connectivity index (χ3v) is 13.3. The van der Waals surface area contributed by atoms with Crippen molar-refractivity contribution in [1.82, 2.24) is 0 Å². The van der Waals surface area contributed by atoms with Gasteiger partial charge in [0.25, 0.3) is 0 Å². The van der Waals surface area contributed by atoms with Crippen LogP contribution in [0.4, 0.5) is 28.4 Å². The normalized spacial score (nSPS) is 18.1. The summed E-state index contributed by atoms with van der Waals surface area (Å²) in [6, 6.07) is 60.8. The summed E-state index contributed by atoms with van der Waals surface area (Å²) in [5.74, 6) is 0.869. The Morgan fingerprint density at radius 1 is 0.552 bits per heavy atom. The van der Waals surface area contributed by atoms with Crippen LogP contribution in [0.1, 0.15) is 30.4 Å². The second-order valence-electron chi connectivity index (χ2n) is 15.8. The molecule has 7 aromatic carbocycles. The lowest BCUT2D eigenvalue weighted by molar-refractivity contribution is 0.745. The average Bonchev–Trinajstić information content (AvgIpc) is 3.83. The molecule has 0 spiro atoms. The topological polar surface area (TPSA) is 6.48 Å². The summed E-state index contributed by atoms with van der Waals surface area (Å²) in [6.45, 7) is 2.29. The molecule has 0 N–H and O–H groups in total.